The molecule has 0 spiro atoms. The molecule has 1 aromatic rings. The van der Waals surface area contributed by atoms with Crippen LogP contribution in [0.5, 0.6) is 0 Å². The van der Waals surface area contributed by atoms with Crippen LogP contribution in [0.4, 0.5) is 5.69 Å². The number of anilines is 1. The highest BCUT2D eigenvalue weighted by molar-refractivity contribution is 5.70. The lowest BCUT2D eigenvalue weighted by Crippen LogP contribution is -2.16. The van der Waals surface area contributed by atoms with Crippen molar-refractivity contribution in [1.82, 2.24) is 0 Å². The Labute approximate surface area is 185 Å². The molecule has 30 heavy (non-hydrogen) atoms. The molecular weight excluding hydrogens is 370 g/mol. The number of hydrogen-bond donors (Lipinski definition) is 1. The molecule has 1 unspecified atom stereocenters. The third-order valence-electron chi connectivity index (χ3n) is 5.85. The van der Waals surface area contributed by atoms with Gasteiger partial charge in [-0.15, -0.1) is 0 Å². The van der Waals surface area contributed by atoms with E-state index in [4.69, 9.17) is 0 Å². The number of carboxylic acid groups (broad SMARTS) is 1. The fourth-order valence-corrected chi connectivity index (χ4v) is 3.81. The molecule has 0 radical (unpaired) electrons. The highest BCUT2D eigenvalue weighted by Crippen LogP contribution is 2.20. The molecule has 0 aliphatic heterocycles. The van der Waals surface area contributed by atoms with Gasteiger partial charge in [-0.25, -0.2) is 0 Å². The first kappa shape index (κ1) is 26.3. The van der Waals surface area contributed by atoms with Crippen LogP contribution in [0.25, 0.3) is 0 Å². The predicted octanol–water partition coefficient (Wildman–Crippen LogP) is 7.64. The van der Waals surface area contributed by atoms with E-state index in [2.05, 4.69) is 48.2 Å². The van der Waals surface area contributed by atoms with E-state index in [1.807, 2.05) is 14.1 Å². The Morgan fingerprint density at radius 2 is 1.40 bits per heavy atom. The first-order valence-corrected chi connectivity index (χ1v) is 12.2. The smallest absolute Gasteiger partial charge is 0.306 e. The van der Waals surface area contributed by atoms with E-state index < -0.39 is 5.97 Å². The molecule has 1 rings (SSSR count). The van der Waals surface area contributed by atoms with Crippen LogP contribution in [0.1, 0.15) is 96.0 Å². The van der Waals surface area contributed by atoms with Crippen molar-refractivity contribution in [3.8, 4) is 0 Å². The quantitative estimate of drug-likeness (QED) is 0.198. The topological polar surface area (TPSA) is 40.5 Å². The lowest BCUT2D eigenvalue weighted by atomic mass is 9.93. The zero-order valence-corrected chi connectivity index (χ0v) is 19.7. The van der Waals surface area contributed by atoms with Gasteiger partial charge in [0.05, 0.1) is 5.92 Å². The van der Waals surface area contributed by atoms with Gasteiger partial charge in [-0.1, -0.05) is 82.6 Å². The molecule has 170 valence electrons. The second kappa shape index (κ2) is 17.0. The zero-order valence-electron chi connectivity index (χ0n) is 19.7. The van der Waals surface area contributed by atoms with Crippen molar-refractivity contribution in [3.63, 3.8) is 0 Å². The van der Waals surface area contributed by atoms with Crippen molar-refractivity contribution >= 4 is 11.7 Å². The van der Waals surface area contributed by atoms with Crippen LogP contribution in [0, 0.1) is 5.92 Å². The summed E-state index contributed by atoms with van der Waals surface area (Å²) in [6, 6.07) is 8.24. The number of carbonyl (C=O) groups is 1. The van der Waals surface area contributed by atoms with Crippen LogP contribution < -0.4 is 4.90 Å². The Kier molecular flexibility index (Phi) is 14.9. The van der Waals surface area contributed by atoms with Crippen molar-refractivity contribution in [2.24, 2.45) is 5.92 Å². The molecule has 0 fully saturated rings. The van der Waals surface area contributed by atoms with E-state index in [1.54, 1.807) is 0 Å². The lowest BCUT2D eigenvalue weighted by molar-refractivity contribution is -0.142. The first-order chi connectivity index (χ1) is 14.5. The minimum Gasteiger partial charge on any atom is -0.481 e. The molecule has 0 heterocycles. The number of hydrogen-bond acceptors (Lipinski definition) is 2. The number of carboxylic acids is 1. The summed E-state index contributed by atoms with van der Waals surface area (Å²) in [5.74, 6) is -0.934. The SMILES string of the molecule is CCCCCCCCC=CCCCCCCC(Cc1ccc(N(C)C)cc1)C(=O)O. The number of rotatable bonds is 18. The monoisotopic (exact) mass is 415 g/mol. The van der Waals surface area contributed by atoms with Crippen LogP contribution in [0.3, 0.4) is 0 Å². The number of benzene rings is 1. The first-order valence-electron chi connectivity index (χ1n) is 12.2. The van der Waals surface area contributed by atoms with Gasteiger partial charge >= 0.3 is 5.97 Å². The summed E-state index contributed by atoms with van der Waals surface area (Å²) in [6.45, 7) is 2.26. The van der Waals surface area contributed by atoms with Gasteiger partial charge in [0.25, 0.3) is 0 Å². The zero-order chi connectivity index (χ0) is 22.0. The van der Waals surface area contributed by atoms with Crippen molar-refractivity contribution < 1.29 is 9.90 Å². The molecule has 0 aromatic heterocycles. The van der Waals surface area contributed by atoms with Crippen LogP contribution in [0.2, 0.25) is 0 Å². The Morgan fingerprint density at radius 3 is 1.93 bits per heavy atom. The van der Waals surface area contributed by atoms with Gasteiger partial charge in [0.1, 0.15) is 0 Å². The second-order valence-corrected chi connectivity index (χ2v) is 8.82. The molecule has 0 bridgehead atoms. The number of nitrogens with zero attached hydrogens (tertiary/aromatic N) is 1. The van der Waals surface area contributed by atoms with E-state index in [0.717, 1.165) is 36.9 Å². The van der Waals surface area contributed by atoms with Gasteiger partial charge in [0.15, 0.2) is 0 Å². The normalized spacial score (nSPS) is 12.4. The van der Waals surface area contributed by atoms with Gasteiger partial charge in [-0.3, -0.25) is 4.79 Å². The molecule has 0 aliphatic carbocycles. The molecule has 0 aliphatic rings. The van der Waals surface area contributed by atoms with Crippen LogP contribution >= 0.6 is 0 Å². The Bertz CT molecular complexity index is 577. The molecule has 0 saturated carbocycles. The van der Waals surface area contributed by atoms with E-state index in [0.29, 0.717) is 6.42 Å². The highest BCUT2D eigenvalue weighted by Gasteiger charge is 2.17. The lowest BCUT2D eigenvalue weighted by Gasteiger charge is -2.15. The maximum Gasteiger partial charge on any atom is 0.306 e. The maximum absolute atomic E-state index is 11.6. The summed E-state index contributed by atoms with van der Waals surface area (Å²) >= 11 is 0. The number of aliphatic carboxylic acids is 1. The molecule has 0 saturated heterocycles. The predicted molar refractivity (Wildman–Crippen MR) is 130 cm³/mol. The van der Waals surface area contributed by atoms with Crippen LogP contribution in [-0.2, 0) is 11.2 Å². The van der Waals surface area contributed by atoms with Crippen LogP contribution in [-0.4, -0.2) is 25.2 Å². The summed E-state index contributed by atoms with van der Waals surface area (Å²) in [5.41, 5.74) is 2.26. The van der Waals surface area contributed by atoms with E-state index in [9.17, 15) is 9.90 Å². The van der Waals surface area contributed by atoms with Gasteiger partial charge in [-0.2, -0.15) is 0 Å². The van der Waals surface area contributed by atoms with Crippen molar-refractivity contribution in [3.05, 3.63) is 42.0 Å². The summed E-state index contributed by atoms with van der Waals surface area (Å²) in [4.78, 5) is 13.7. The van der Waals surface area contributed by atoms with Crippen molar-refractivity contribution in [2.75, 3.05) is 19.0 Å². The second-order valence-electron chi connectivity index (χ2n) is 8.82. The minimum absolute atomic E-state index is 0.271. The standard InChI is InChI=1S/C27H45NO2/c1-4-5-6-7-8-9-10-11-12-13-14-15-16-17-18-25(27(29)30)23-24-19-21-26(22-20-24)28(2)3/h11-12,19-22,25H,4-10,13-18,23H2,1-3H3,(H,29,30). The third kappa shape index (κ3) is 12.7. The molecule has 3 heteroatoms. The summed E-state index contributed by atoms with van der Waals surface area (Å²) in [5, 5.41) is 9.56. The fraction of sp³-hybridized carbons (Fsp3) is 0.667. The highest BCUT2D eigenvalue weighted by atomic mass is 16.4. The van der Waals surface area contributed by atoms with Crippen molar-refractivity contribution in [2.45, 2.75) is 96.8 Å². The average Bonchev–Trinajstić information content (AvgIpc) is 2.73. The number of unbranched alkanes of at least 4 members (excludes halogenated alkanes) is 10. The average molecular weight is 416 g/mol. The Hall–Kier alpha value is -1.77. The van der Waals surface area contributed by atoms with E-state index in [1.165, 1.54) is 57.8 Å². The number of allylic oxidation sites excluding steroid dienone is 2. The van der Waals surface area contributed by atoms with Crippen molar-refractivity contribution in [1.29, 1.82) is 0 Å². The van der Waals surface area contributed by atoms with E-state index >= 15 is 0 Å². The van der Waals surface area contributed by atoms with Crippen LogP contribution in [0.15, 0.2) is 36.4 Å². The Balaban J connectivity index is 2.10. The minimum atomic E-state index is -0.663. The third-order valence-corrected chi connectivity index (χ3v) is 5.85. The molecule has 1 aromatic carbocycles. The maximum atomic E-state index is 11.6. The molecular formula is C27H45NO2. The molecule has 3 nitrogen and oxygen atoms in total. The van der Waals surface area contributed by atoms with Gasteiger partial charge in [0, 0.05) is 19.8 Å². The van der Waals surface area contributed by atoms with Gasteiger partial charge in [0.2, 0.25) is 0 Å². The molecule has 1 N–H and O–H groups in total. The molecule has 0 amide bonds. The van der Waals surface area contributed by atoms with Gasteiger partial charge in [-0.05, 0) is 56.2 Å². The van der Waals surface area contributed by atoms with E-state index in [-0.39, 0.29) is 5.92 Å². The molecule has 1 atom stereocenters. The summed E-state index contributed by atoms with van der Waals surface area (Å²) < 4.78 is 0. The fourth-order valence-electron chi connectivity index (χ4n) is 3.81. The summed E-state index contributed by atoms with van der Waals surface area (Å²) in [6.07, 6.45) is 21.2. The largest absolute Gasteiger partial charge is 0.481 e. The Morgan fingerprint density at radius 1 is 0.867 bits per heavy atom. The van der Waals surface area contributed by atoms with Gasteiger partial charge < -0.3 is 10.0 Å². The summed E-state index contributed by atoms with van der Waals surface area (Å²) in [7, 11) is 4.03.